The molecule has 0 bridgehead atoms. The number of hydrogen-bond acceptors (Lipinski definition) is 2. The maximum atomic E-state index is 13.8. The minimum atomic E-state index is -0.523. The highest BCUT2D eigenvalue weighted by atomic mass is 35.5. The first-order chi connectivity index (χ1) is 11.4. The number of hydrogen-bond donors (Lipinski definition) is 2. The van der Waals surface area contributed by atoms with Gasteiger partial charge in [0.1, 0.15) is 5.82 Å². The number of halogens is 2. The van der Waals surface area contributed by atoms with Crippen LogP contribution in [-0.4, -0.2) is 18.4 Å². The van der Waals surface area contributed by atoms with Gasteiger partial charge in [0.25, 0.3) is 5.91 Å². The fourth-order valence-electron chi connectivity index (χ4n) is 2.33. The second-order valence-corrected chi connectivity index (χ2v) is 5.67. The molecule has 0 fully saturated rings. The van der Waals surface area contributed by atoms with E-state index in [0.29, 0.717) is 23.4 Å². The van der Waals surface area contributed by atoms with Crippen LogP contribution in [0, 0.1) is 12.7 Å². The molecule has 2 aromatic rings. The van der Waals surface area contributed by atoms with Crippen LogP contribution in [0.1, 0.15) is 28.4 Å². The van der Waals surface area contributed by atoms with Gasteiger partial charge in [-0.1, -0.05) is 23.7 Å². The maximum Gasteiger partial charge on any atom is 0.251 e. The predicted molar refractivity (Wildman–Crippen MR) is 92.9 cm³/mol. The van der Waals surface area contributed by atoms with Gasteiger partial charge in [0.15, 0.2) is 0 Å². The molecule has 2 rings (SSSR count). The van der Waals surface area contributed by atoms with Crippen LogP contribution in [0.25, 0.3) is 0 Å². The van der Waals surface area contributed by atoms with Crippen LogP contribution in [0.5, 0.6) is 0 Å². The highest BCUT2D eigenvalue weighted by molar-refractivity contribution is 6.31. The summed E-state index contributed by atoms with van der Waals surface area (Å²) in [5.74, 6) is -1.13. The number of anilines is 1. The van der Waals surface area contributed by atoms with Crippen LogP contribution in [0.4, 0.5) is 10.1 Å². The summed E-state index contributed by atoms with van der Waals surface area (Å²) in [6, 6.07) is 9.34. The first-order valence-electron chi connectivity index (χ1n) is 7.54. The van der Waals surface area contributed by atoms with E-state index in [-0.39, 0.29) is 22.9 Å². The molecule has 0 unspecified atom stereocenters. The predicted octanol–water partition coefficient (Wildman–Crippen LogP) is 3.72. The molecule has 0 saturated carbocycles. The molecule has 0 aromatic heterocycles. The lowest BCUT2D eigenvalue weighted by Gasteiger charge is -2.13. The molecule has 6 heteroatoms. The number of nitrogens with one attached hydrogen (secondary N) is 2. The van der Waals surface area contributed by atoms with E-state index in [4.69, 9.17) is 11.6 Å². The molecule has 0 aliphatic rings. The van der Waals surface area contributed by atoms with Crippen LogP contribution in [0.2, 0.25) is 5.02 Å². The quantitative estimate of drug-likeness (QED) is 0.865. The lowest BCUT2D eigenvalue weighted by Crippen LogP contribution is -2.24. The van der Waals surface area contributed by atoms with E-state index in [1.807, 2.05) is 6.92 Å². The summed E-state index contributed by atoms with van der Waals surface area (Å²) in [6.07, 6.45) is -0.184. The SMILES string of the molecule is CCNC(=O)c1cccc(NC(=O)Cc2c(F)cccc2Cl)c1C. The average Bonchev–Trinajstić information content (AvgIpc) is 2.53. The largest absolute Gasteiger partial charge is 0.352 e. The van der Waals surface area contributed by atoms with Gasteiger partial charge in [-0.3, -0.25) is 9.59 Å². The van der Waals surface area contributed by atoms with E-state index in [2.05, 4.69) is 10.6 Å². The first-order valence-corrected chi connectivity index (χ1v) is 7.92. The van der Waals surface area contributed by atoms with E-state index in [0.717, 1.165) is 0 Å². The van der Waals surface area contributed by atoms with Gasteiger partial charge in [-0.15, -0.1) is 0 Å². The third kappa shape index (κ3) is 4.11. The molecule has 0 aliphatic heterocycles. The summed E-state index contributed by atoms with van der Waals surface area (Å²) in [5.41, 5.74) is 1.79. The molecule has 0 saturated heterocycles. The molecule has 126 valence electrons. The lowest BCUT2D eigenvalue weighted by atomic mass is 10.1. The Labute approximate surface area is 145 Å². The number of carbonyl (C=O) groups is 2. The smallest absolute Gasteiger partial charge is 0.251 e. The molecule has 0 atom stereocenters. The molecule has 0 heterocycles. The first kappa shape index (κ1) is 17.9. The van der Waals surface area contributed by atoms with Crippen LogP contribution in [-0.2, 0) is 11.2 Å². The Hall–Kier alpha value is -2.40. The molecular weight excluding hydrogens is 331 g/mol. The van der Waals surface area contributed by atoms with Crippen molar-refractivity contribution >= 4 is 29.1 Å². The summed E-state index contributed by atoms with van der Waals surface area (Å²) >= 11 is 5.94. The van der Waals surface area contributed by atoms with Crippen molar-refractivity contribution < 1.29 is 14.0 Å². The average molecular weight is 349 g/mol. The minimum Gasteiger partial charge on any atom is -0.352 e. The van der Waals surface area contributed by atoms with Crippen LogP contribution >= 0.6 is 11.6 Å². The van der Waals surface area contributed by atoms with Gasteiger partial charge in [-0.05, 0) is 43.7 Å². The van der Waals surface area contributed by atoms with Gasteiger partial charge in [0.2, 0.25) is 5.91 Å². The summed E-state index contributed by atoms with van der Waals surface area (Å²) in [7, 11) is 0. The summed E-state index contributed by atoms with van der Waals surface area (Å²) in [5, 5.41) is 5.63. The monoisotopic (exact) mass is 348 g/mol. The van der Waals surface area contributed by atoms with Crippen molar-refractivity contribution in [3.05, 3.63) is 63.9 Å². The van der Waals surface area contributed by atoms with Crippen LogP contribution < -0.4 is 10.6 Å². The Morgan fingerprint density at radius 3 is 2.54 bits per heavy atom. The van der Waals surface area contributed by atoms with Crippen molar-refractivity contribution in [3.8, 4) is 0 Å². The number of carbonyl (C=O) groups excluding carboxylic acids is 2. The van der Waals surface area contributed by atoms with E-state index in [1.165, 1.54) is 18.2 Å². The molecule has 0 aliphatic carbocycles. The molecule has 2 N–H and O–H groups in total. The summed E-state index contributed by atoms with van der Waals surface area (Å²) in [6.45, 7) is 4.09. The Balaban J connectivity index is 2.18. The number of rotatable bonds is 5. The van der Waals surface area contributed by atoms with Crippen molar-refractivity contribution in [2.45, 2.75) is 20.3 Å². The third-order valence-corrected chi connectivity index (χ3v) is 3.94. The zero-order chi connectivity index (χ0) is 17.7. The Bertz CT molecular complexity index is 757. The molecule has 0 spiro atoms. The topological polar surface area (TPSA) is 58.2 Å². The van der Waals surface area contributed by atoms with Crippen molar-refractivity contribution in [2.24, 2.45) is 0 Å². The fraction of sp³-hybridized carbons (Fsp3) is 0.222. The van der Waals surface area contributed by atoms with E-state index in [9.17, 15) is 14.0 Å². The normalized spacial score (nSPS) is 10.3. The van der Waals surface area contributed by atoms with Gasteiger partial charge in [-0.25, -0.2) is 4.39 Å². The van der Waals surface area contributed by atoms with Crippen molar-refractivity contribution in [3.63, 3.8) is 0 Å². The van der Waals surface area contributed by atoms with Crippen molar-refractivity contribution in [1.29, 1.82) is 0 Å². The van der Waals surface area contributed by atoms with E-state index in [1.54, 1.807) is 25.1 Å². The molecule has 0 radical (unpaired) electrons. The summed E-state index contributed by atoms with van der Waals surface area (Å²) < 4.78 is 13.8. The summed E-state index contributed by atoms with van der Waals surface area (Å²) in [4.78, 5) is 24.2. The van der Waals surface area contributed by atoms with Gasteiger partial charge in [0.05, 0.1) is 6.42 Å². The maximum absolute atomic E-state index is 13.8. The molecule has 2 aromatic carbocycles. The lowest BCUT2D eigenvalue weighted by molar-refractivity contribution is -0.115. The Morgan fingerprint density at radius 2 is 1.88 bits per heavy atom. The number of amides is 2. The van der Waals surface area contributed by atoms with Crippen LogP contribution in [0.3, 0.4) is 0 Å². The van der Waals surface area contributed by atoms with Gasteiger partial charge in [0, 0.05) is 28.4 Å². The zero-order valence-corrected chi connectivity index (χ0v) is 14.2. The van der Waals surface area contributed by atoms with Crippen molar-refractivity contribution in [1.82, 2.24) is 5.32 Å². The van der Waals surface area contributed by atoms with E-state index >= 15 is 0 Å². The van der Waals surface area contributed by atoms with E-state index < -0.39 is 11.7 Å². The highest BCUT2D eigenvalue weighted by Gasteiger charge is 2.15. The molecule has 4 nitrogen and oxygen atoms in total. The van der Waals surface area contributed by atoms with Crippen LogP contribution in [0.15, 0.2) is 36.4 Å². The Kier molecular flexibility index (Phi) is 5.93. The standard InChI is InChI=1S/C18H18ClFN2O2/c1-3-21-18(24)12-6-4-9-16(11(12)2)22-17(23)10-13-14(19)7-5-8-15(13)20/h4-9H,3,10H2,1-2H3,(H,21,24)(H,22,23). The second-order valence-electron chi connectivity index (χ2n) is 5.26. The van der Waals surface area contributed by atoms with Gasteiger partial charge in [-0.2, -0.15) is 0 Å². The molecular formula is C18H18ClFN2O2. The zero-order valence-electron chi connectivity index (χ0n) is 13.5. The van der Waals surface area contributed by atoms with Gasteiger partial charge < -0.3 is 10.6 Å². The number of benzene rings is 2. The second kappa shape index (κ2) is 7.93. The minimum absolute atomic E-state index is 0.147. The van der Waals surface area contributed by atoms with Crippen molar-refractivity contribution in [2.75, 3.05) is 11.9 Å². The molecule has 2 amide bonds. The van der Waals surface area contributed by atoms with Gasteiger partial charge >= 0.3 is 0 Å². The fourth-order valence-corrected chi connectivity index (χ4v) is 2.56. The Morgan fingerprint density at radius 1 is 1.17 bits per heavy atom. The highest BCUT2D eigenvalue weighted by Crippen LogP contribution is 2.22. The molecule has 24 heavy (non-hydrogen) atoms. The third-order valence-electron chi connectivity index (χ3n) is 3.59.